The van der Waals surface area contributed by atoms with Crippen molar-refractivity contribution in [2.75, 3.05) is 6.61 Å². The molecule has 0 aromatic rings. The lowest BCUT2D eigenvalue weighted by Crippen LogP contribution is -2.28. The van der Waals surface area contributed by atoms with E-state index < -0.39 is 0 Å². The van der Waals surface area contributed by atoms with Crippen LogP contribution in [-0.2, 0) is 4.74 Å². The molecule has 0 aliphatic carbocycles. The van der Waals surface area contributed by atoms with Gasteiger partial charge in [-0.15, -0.1) is 0 Å². The van der Waals surface area contributed by atoms with Gasteiger partial charge in [0.25, 0.3) is 0 Å². The summed E-state index contributed by atoms with van der Waals surface area (Å²) in [6, 6.07) is 0. The molecule has 1 aliphatic rings. The van der Waals surface area contributed by atoms with E-state index >= 15 is 0 Å². The van der Waals surface area contributed by atoms with Gasteiger partial charge in [-0.05, 0) is 31.6 Å². The Labute approximate surface area is 81.3 Å². The van der Waals surface area contributed by atoms with Gasteiger partial charge in [-0.1, -0.05) is 20.3 Å². The summed E-state index contributed by atoms with van der Waals surface area (Å²) in [5, 5.41) is 9.79. The van der Waals surface area contributed by atoms with E-state index in [4.69, 9.17) is 4.74 Å². The highest BCUT2D eigenvalue weighted by molar-refractivity contribution is 4.71. The zero-order valence-corrected chi connectivity index (χ0v) is 8.83. The minimum atomic E-state index is -0.173. The van der Waals surface area contributed by atoms with Crippen LogP contribution < -0.4 is 0 Å². The van der Waals surface area contributed by atoms with Crippen LogP contribution in [0, 0.1) is 5.92 Å². The molecule has 3 atom stereocenters. The summed E-state index contributed by atoms with van der Waals surface area (Å²) in [6.45, 7) is 5.11. The van der Waals surface area contributed by atoms with Crippen molar-refractivity contribution >= 4 is 0 Å². The number of aliphatic hydroxyl groups is 1. The van der Waals surface area contributed by atoms with Crippen LogP contribution in [-0.4, -0.2) is 23.9 Å². The Morgan fingerprint density at radius 2 is 2.23 bits per heavy atom. The number of aliphatic hydroxyl groups excluding tert-OH is 1. The predicted octanol–water partition coefficient (Wildman–Crippen LogP) is 2.35. The molecule has 1 N–H and O–H groups in total. The first-order valence-corrected chi connectivity index (χ1v) is 5.53. The molecule has 0 saturated carbocycles. The van der Waals surface area contributed by atoms with Crippen LogP contribution in [0.25, 0.3) is 0 Å². The Balaban J connectivity index is 2.21. The Morgan fingerprint density at radius 1 is 1.46 bits per heavy atom. The van der Waals surface area contributed by atoms with Crippen molar-refractivity contribution in [3.8, 4) is 0 Å². The van der Waals surface area contributed by atoms with Crippen molar-refractivity contribution in [1.82, 2.24) is 0 Å². The lowest BCUT2D eigenvalue weighted by atomic mass is 9.94. The van der Waals surface area contributed by atoms with Crippen molar-refractivity contribution in [2.24, 2.45) is 5.92 Å². The molecule has 0 spiro atoms. The van der Waals surface area contributed by atoms with Gasteiger partial charge >= 0.3 is 0 Å². The monoisotopic (exact) mass is 186 g/mol. The highest BCUT2D eigenvalue weighted by atomic mass is 16.5. The van der Waals surface area contributed by atoms with Crippen molar-refractivity contribution < 1.29 is 9.84 Å². The second-order valence-electron chi connectivity index (χ2n) is 4.18. The average molecular weight is 186 g/mol. The first-order valence-electron chi connectivity index (χ1n) is 5.53. The van der Waals surface area contributed by atoms with Gasteiger partial charge in [-0.3, -0.25) is 0 Å². The van der Waals surface area contributed by atoms with Gasteiger partial charge < -0.3 is 9.84 Å². The molecule has 0 bridgehead atoms. The van der Waals surface area contributed by atoms with Gasteiger partial charge in [0.2, 0.25) is 0 Å². The maximum absolute atomic E-state index is 9.79. The van der Waals surface area contributed by atoms with E-state index in [9.17, 15) is 5.11 Å². The van der Waals surface area contributed by atoms with E-state index in [1.165, 1.54) is 12.8 Å². The van der Waals surface area contributed by atoms with Crippen molar-refractivity contribution in [3.63, 3.8) is 0 Å². The van der Waals surface area contributed by atoms with Crippen LogP contribution in [0.1, 0.15) is 46.0 Å². The molecule has 0 amide bonds. The molecule has 0 aromatic heterocycles. The third-order valence-electron chi connectivity index (χ3n) is 3.08. The molecule has 3 unspecified atom stereocenters. The topological polar surface area (TPSA) is 29.5 Å². The fraction of sp³-hybridized carbons (Fsp3) is 1.00. The van der Waals surface area contributed by atoms with E-state index in [2.05, 4.69) is 13.8 Å². The number of hydrogen-bond donors (Lipinski definition) is 1. The van der Waals surface area contributed by atoms with Crippen LogP contribution in [0.2, 0.25) is 0 Å². The van der Waals surface area contributed by atoms with Gasteiger partial charge in [0.15, 0.2) is 0 Å². The fourth-order valence-corrected chi connectivity index (χ4v) is 1.77. The number of rotatable bonds is 4. The maximum atomic E-state index is 9.79. The summed E-state index contributed by atoms with van der Waals surface area (Å²) < 4.78 is 5.58. The maximum Gasteiger partial charge on any atom is 0.0599 e. The Bertz CT molecular complexity index is 130. The second-order valence-corrected chi connectivity index (χ2v) is 4.18. The molecule has 1 rings (SSSR count). The van der Waals surface area contributed by atoms with Crippen molar-refractivity contribution in [3.05, 3.63) is 0 Å². The summed E-state index contributed by atoms with van der Waals surface area (Å²) in [5.74, 6) is 0.408. The summed E-state index contributed by atoms with van der Waals surface area (Å²) in [5.41, 5.74) is 0. The highest BCUT2D eigenvalue weighted by Crippen LogP contribution is 2.20. The Kier molecular flexibility index (Phi) is 4.74. The number of ether oxygens (including phenoxy) is 1. The van der Waals surface area contributed by atoms with E-state index in [0.717, 1.165) is 25.9 Å². The van der Waals surface area contributed by atoms with Crippen molar-refractivity contribution in [1.29, 1.82) is 0 Å². The highest BCUT2D eigenvalue weighted by Gasteiger charge is 2.20. The summed E-state index contributed by atoms with van der Waals surface area (Å²) in [7, 11) is 0. The molecule has 78 valence electrons. The molecule has 1 fully saturated rings. The average Bonchev–Trinajstić information content (AvgIpc) is 2.18. The molecule has 1 aliphatic heterocycles. The molecule has 13 heavy (non-hydrogen) atoms. The molecule has 0 aromatic carbocycles. The van der Waals surface area contributed by atoms with Gasteiger partial charge in [0, 0.05) is 6.61 Å². The Morgan fingerprint density at radius 3 is 2.77 bits per heavy atom. The van der Waals surface area contributed by atoms with Crippen LogP contribution in [0.5, 0.6) is 0 Å². The fourth-order valence-electron chi connectivity index (χ4n) is 1.77. The third kappa shape index (κ3) is 3.65. The molecule has 1 heterocycles. The Hall–Kier alpha value is -0.0800. The molecular weight excluding hydrogens is 164 g/mol. The molecule has 0 radical (unpaired) electrons. The van der Waals surface area contributed by atoms with Crippen LogP contribution in [0.3, 0.4) is 0 Å². The van der Waals surface area contributed by atoms with Gasteiger partial charge in [-0.2, -0.15) is 0 Å². The SMILES string of the molecule is CCC(C)C(O)CC1CCCCO1. The van der Waals surface area contributed by atoms with Crippen molar-refractivity contribution in [2.45, 2.75) is 58.2 Å². The largest absolute Gasteiger partial charge is 0.393 e. The molecular formula is C11H22O2. The summed E-state index contributed by atoms with van der Waals surface area (Å²) in [4.78, 5) is 0. The van der Waals surface area contributed by atoms with Crippen LogP contribution in [0.4, 0.5) is 0 Å². The van der Waals surface area contributed by atoms with E-state index in [1.54, 1.807) is 0 Å². The number of hydrogen-bond acceptors (Lipinski definition) is 2. The zero-order valence-electron chi connectivity index (χ0n) is 8.83. The zero-order chi connectivity index (χ0) is 9.68. The molecule has 2 heteroatoms. The normalized spacial score (nSPS) is 28.4. The third-order valence-corrected chi connectivity index (χ3v) is 3.08. The molecule has 2 nitrogen and oxygen atoms in total. The minimum absolute atomic E-state index is 0.173. The lowest BCUT2D eigenvalue weighted by Gasteiger charge is -2.26. The van der Waals surface area contributed by atoms with Crippen LogP contribution in [0.15, 0.2) is 0 Å². The standard InChI is InChI=1S/C11H22O2/c1-3-9(2)11(12)8-10-6-4-5-7-13-10/h9-12H,3-8H2,1-2H3. The second kappa shape index (κ2) is 5.61. The first kappa shape index (κ1) is 11.0. The summed E-state index contributed by atoms with van der Waals surface area (Å²) in [6.07, 6.45) is 5.61. The van der Waals surface area contributed by atoms with E-state index in [0.29, 0.717) is 12.0 Å². The van der Waals surface area contributed by atoms with E-state index in [-0.39, 0.29) is 6.10 Å². The summed E-state index contributed by atoms with van der Waals surface area (Å²) >= 11 is 0. The first-order chi connectivity index (χ1) is 6.24. The predicted molar refractivity (Wildman–Crippen MR) is 53.7 cm³/mol. The van der Waals surface area contributed by atoms with Gasteiger partial charge in [0.1, 0.15) is 0 Å². The lowest BCUT2D eigenvalue weighted by molar-refractivity contribution is -0.0260. The molecule has 1 saturated heterocycles. The van der Waals surface area contributed by atoms with Crippen LogP contribution >= 0.6 is 0 Å². The van der Waals surface area contributed by atoms with Gasteiger partial charge in [0.05, 0.1) is 12.2 Å². The van der Waals surface area contributed by atoms with E-state index in [1.807, 2.05) is 0 Å². The quantitative estimate of drug-likeness (QED) is 0.730. The smallest absolute Gasteiger partial charge is 0.0599 e. The van der Waals surface area contributed by atoms with Gasteiger partial charge in [-0.25, -0.2) is 0 Å². The minimum Gasteiger partial charge on any atom is -0.393 e.